The Morgan fingerprint density at radius 1 is 1.25 bits per heavy atom. The van der Waals surface area contributed by atoms with E-state index in [1.807, 2.05) is 0 Å². The Balaban J connectivity index is 2.34. The molecule has 84 valence electrons. The number of halogens is 2. The second-order valence-corrected chi connectivity index (χ2v) is 4.78. The molecule has 1 aromatic heterocycles. The summed E-state index contributed by atoms with van der Waals surface area (Å²) in [6.45, 7) is 1.71. The summed E-state index contributed by atoms with van der Waals surface area (Å²) in [7, 11) is 0. The molecule has 2 aromatic rings. The van der Waals surface area contributed by atoms with Crippen LogP contribution in [0.1, 0.15) is 5.89 Å². The van der Waals surface area contributed by atoms with Crippen LogP contribution in [0, 0.1) is 6.92 Å². The van der Waals surface area contributed by atoms with Gasteiger partial charge in [0.25, 0.3) is 5.22 Å². The lowest BCUT2D eigenvalue weighted by Gasteiger charge is -2.04. The number of aromatic nitrogens is 2. The van der Waals surface area contributed by atoms with E-state index >= 15 is 0 Å². The van der Waals surface area contributed by atoms with E-state index in [2.05, 4.69) is 10.2 Å². The van der Waals surface area contributed by atoms with Crippen LogP contribution in [0.15, 0.2) is 26.7 Å². The van der Waals surface area contributed by atoms with Gasteiger partial charge in [-0.3, -0.25) is 0 Å². The van der Waals surface area contributed by atoms with Crippen molar-refractivity contribution in [2.75, 3.05) is 5.73 Å². The lowest BCUT2D eigenvalue weighted by atomic mass is 10.3. The highest BCUT2D eigenvalue weighted by molar-refractivity contribution is 7.99. The second-order valence-electron chi connectivity index (χ2n) is 3.00. The van der Waals surface area contributed by atoms with Crippen molar-refractivity contribution in [1.82, 2.24) is 10.2 Å². The van der Waals surface area contributed by atoms with Crippen LogP contribution in [0.5, 0.6) is 0 Å². The van der Waals surface area contributed by atoms with Gasteiger partial charge in [-0.2, -0.15) is 0 Å². The first-order chi connectivity index (χ1) is 7.56. The molecular formula is C9H7Cl2N3OS. The topological polar surface area (TPSA) is 64.9 Å². The van der Waals surface area contributed by atoms with Crippen molar-refractivity contribution in [3.05, 3.63) is 28.1 Å². The van der Waals surface area contributed by atoms with Crippen molar-refractivity contribution in [3.63, 3.8) is 0 Å². The Morgan fingerprint density at radius 3 is 2.38 bits per heavy atom. The summed E-state index contributed by atoms with van der Waals surface area (Å²) in [6.07, 6.45) is 0. The highest BCUT2D eigenvalue weighted by Gasteiger charge is 2.12. The zero-order chi connectivity index (χ0) is 11.7. The van der Waals surface area contributed by atoms with Crippen LogP contribution < -0.4 is 5.73 Å². The molecule has 16 heavy (non-hydrogen) atoms. The van der Waals surface area contributed by atoms with Crippen LogP contribution in [0.4, 0.5) is 5.69 Å². The van der Waals surface area contributed by atoms with E-state index in [1.165, 1.54) is 11.8 Å². The number of benzene rings is 1. The molecule has 0 unspecified atom stereocenters. The van der Waals surface area contributed by atoms with Crippen molar-refractivity contribution in [2.24, 2.45) is 0 Å². The molecule has 7 heteroatoms. The van der Waals surface area contributed by atoms with E-state index in [1.54, 1.807) is 19.1 Å². The molecule has 0 saturated heterocycles. The minimum Gasteiger partial charge on any atom is -0.416 e. The molecule has 0 fully saturated rings. The van der Waals surface area contributed by atoms with Crippen LogP contribution in [0.25, 0.3) is 0 Å². The second kappa shape index (κ2) is 4.53. The van der Waals surface area contributed by atoms with Crippen LogP contribution in [0.2, 0.25) is 10.0 Å². The summed E-state index contributed by atoms with van der Waals surface area (Å²) in [4.78, 5) is 0.654. The smallest absolute Gasteiger partial charge is 0.281 e. The van der Waals surface area contributed by atoms with Gasteiger partial charge in [0.1, 0.15) is 0 Å². The van der Waals surface area contributed by atoms with E-state index in [0.29, 0.717) is 31.7 Å². The number of nitrogens with zero attached hydrogens (tertiary/aromatic N) is 2. The molecule has 2 N–H and O–H groups in total. The third-order valence-electron chi connectivity index (χ3n) is 1.72. The summed E-state index contributed by atoms with van der Waals surface area (Å²) < 4.78 is 5.22. The Morgan fingerprint density at radius 2 is 1.88 bits per heavy atom. The quantitative estimate of drug-likeness (QED) is 0.851. The molecule has 4 nitrogen and oxygen atoms in total. The van der Waals surface area contributed by atoms with Crippen LogP contribution in [-0.4, -0.2) is 10.2 Å². The number of nitrogens with two attached hydrogens (primary N) is 1. The average molecular weight is 276 g/mol. The maximum atomic E-state index is 6.02. The van der Waals surface area contributed by atoms with Crippen molar-refractivity contribution in [1.29, 1.82) is 0 Å². The summed E-state index contributed by atoms with van der Waals surface area (Å²) in [5, 5.41) is 8.88. The number of nitrogen functional groups attached to an aromatic ring is 1. The number of rotatable bonds is 2. The molecule has 0 spiro atoms. The number of hydrogen-bond acceptors (Lipinski definition) is 5. The molecule has 0 aliphatic carbocycles. The predicted molar refractivity (Wildman–Crippen MR) is 64.0 cm³/mol. The highest BCUT2D eigenvalue weighted by atomic mass is 35.5. The summed E-state index contributed by atoms with van der Waals surface area (Å²) >= 11 is 13.2. The first-order valence-corrected chi connectivity index (χ1v) is 5.86. The first kappa shape index (κ1) is 11.6. The fraction of sp³-hybridized carbons (Fsp3) is 0.111. The number of hydrogen-bond donors (Lipinski definition) is 1. The standard InChI is InChI=1S/C9H7Cl2N3OS/c1-4-13-14-9(15-4)16-8-6(10)2-5(12)3-7(8)11/h2-3H,12H2,1H3. The SMILES string of the molecule is Cc1nnc(Sc2c(Cl)cc(N)cc2Cl)o1. The van der Waals surface area contributed by atoms with E-state index in [-0.39, 0.29) is 0 Å². The molecule has 1 heterocycles. The summed E-state index contributed by atoms with van der Waals surface area (Å²) in [6, 6.07) is 3.25. The average Bonchev–Trinajstić information content (AvgIpc) is 2.58. The van der Waals surface area contributed by atoms with E-state index in [9.17, 15) is 0 Å². The molecule has 0 aliphatic heterocycles. The van der Waals surface area contributed by atoms with Gasteiger partial charge in [0.05, 0.1) is 14.9 Å². The summed E-state index contributed by atoms with van der Waals surface area (Å²) in [5.41, 5.74) is 6.11. The van der Waals surface area contributed by atoms with E-state index in [4.69, 9.17) is 33.4 Å². The fourth-order valence-corrected chi connectivity index (χ4v) is 2.55. The molecule has 0 amide bonds. The monoisotopic (exact) mass is 275 g/mol. The van der Waals surface area contributed by atoms with Gasteiger partial charge in [-0.1, -0.05) is 23.2 Å². The molecular weight excluding hydrogens is 269 g/mol. The van der Waals surface area contributed by atoms with Crippen molar-refractivity contribution in [2.45, 2.75) is 17.0 Å². The minimum absolute atomic E-state index is 0.395. The Hall–Kier alpha value is -0.910. The molecule has 0 aliphatic rings. The van der Waals surface area contributed by atoms with Crippen molar-refractivity contribution in [3.8, 4) is 0 Å². The maximum absolute atomic E-state index is 6.02. The summed E-state index contributed by atoms with van der Waals surface area (Å²) in [5.74, 6) is 0.491. The van der Waals surface area contributed by atoms with Gasteiger partial charge in [0, 0.05) is 12.6 Å². The van der Waals surface area contributed by atoms with E-state index in [0.717, 1.165) is 0 Å². The van der Waals surface area contributed by atoms with Crippen molar-refractivity contribution >= 4 is 40.7 Å². The lowest BCUT2D eigenvalue weighted by Crippen LogP contribution is -1.86. The predicted octanol–water partition coefficient (Wildman–Crippen LogP) is 3.42. The van der Waals surface area contributed by atoms with Crippen molar-refractivity contribution < 1.29 is 4.42 Å². The Kier molecular flexibility index (Phi) is 3.28. The van der Waals surface area contributed by atoms with Gasteiger partial charge in [-0.05, 0) is 23.9 Å². The zero-order valence-corrected chi connectivity index (χ0v) is 10.5. The zero-order valence-electron chi connectivity index (χ0n) is 8.20. The number of anilines is 1. The van der Waals surface area contributed by atoms with Gasteiger partial charge >= 0.3 is 0 Å². The maximum Gasteiger partial charge on any atom is 0.281 e. The highest BCUT2D eigenvalue weighted by Crippen LogP contribution is 2.39. The number of aryl methyl sites for hydroxylation is 1. The van der Waals surface area contributed by atoms with Gasteiger partial charge < -0.3 is 10.2 Å². The third-order valence-corrected chi connectivity index (χ3v) is 3.52. The van der Waals surface area contributed by atoms with Gasteiger partial charge in [-0.25, -0.2) is 0 Å². The Labute approximate surface area is 106 Å². The van der Waals surface area contributed by atoms with Gasteiger partial charge in [0.15, 0.2) is 0 Å². The van der Waals surface area contributed by atoms with Gasteiger partial charge in [-0.15, -0.1) is 10.2 Å². The van der Waals surface area contributed by atoms with Gasteiger partial charge in [0.2, 0.25) is 5.89 Å². The van der Waals surface area contributed by atoms with E-state index < -0.39 is 0 Å². The molecule has 2 rings (SSSR count). The normalized spacial score (nSPS) is 10.7. The Bertz CT molecular complexity index is 506. The molecule has 0 bridgehead atoms. The molecule has 1 aromatic carbocycles. The largest absolute Gasteiger partial charge is 0.416 e. The van der Waals surface area contributed by atoms with Crippen LogP contribution >= 0.6 is 35.0 Å². The minimum atomic E-state index is 0.395. The first-order valence-electron chi connectivity index (χ1n) is 4.29. The van der Waals surface area contributed by atoms with Crippen LogP contribution in [0.3, 0.4) is 0 Å². The fourth-order valence-electron chi connectivity index (χ4n) is 1.08. The third kappa shape index (κ3) is 2.42. The van der Waals surface area contributed by atoms with Crippen LogP contribution in [-0.2, 0) is 0 Å². The molecule has 0 radical (unpaired) electrons. The molecule has 0 saturated carbocycles. The molecule has 0 atom stereocenters. The lowest BCUT2D eigenvalue weighted by molar-refractivity contribution is 0.429.